The Morgan fingerprint density at radius 2 is 2.00 bits per heavy atom. The number of aromatic hydroxyl groups is 1. The normalized spacial score (nSPS) is 11.7. The van der Waals surface area contributed by atoms with Gasteiger partial charge in [0.05, 0.1) is 16.8 Å². The van der Waals surface area contributed by atoms with Crippen LogP contribution in [0.5, 0.6) is 5.88 Å². The Hall–Kier alpha value is -3.08. The molecule has 1 aromatic heterocycles. The maximum atomic E-state index is 13.1. The third kappa shape index (κ3) is 4.19. The average Bonchev–Trinajstić information content (AvgIpc) is 2.61. The van der Waals surface area contributed by atoms with E-state index in [1.54, 1.807) is 6.07 Å². The number of nitrogens with zero attached hydrogens (tertiary/aromatic N) is 3. The van der Waals surface area contributed by atoms with Crippen molar-refractivity contribution >= 4 is 11.9 Å². The minimum atomic E-state index is -4.58. The minimum absolute atomic E-state index is 0.0410. The fraction of sp³-hybridized carbons (Fsp3) is 0.316. The monoisotopic (exact) mass is 377 g/mol. The predicted octanol–water partition coefficient (Wildman–Crippen LogP) is 4.30. The number of aliphatic imine (C=N–C) groups is 1. The zero-order valence-corrected chi connectivity index (χ0v) is 14.8. The fourth-order valence-corrected chi connectivity index (χ4v) is 2.61. The molecule has 0 bridgehead atoms. The van der Waals surface area contributed by atoms with E-state index in [-0.39, 0.29) is 28.9 Å². The summed E-state index contributed by atoms with van der Waals surface area (Å²) in [7, 11) is 0. The van der Waals surface area contributed by atoms with Crippen molar-refractivity contribution in [3.63, 3.8) is 0 Å². The molecule has 0 amide bonds. The number of nitriles is 1. The van der Waals surface area contributed by atoms with Crippen molar-refractivity contribution < 1.29 is 18.3 Å². The summed E-state index contributed by atoms with van der Waals surface area (Å²) in [6.45, 7) is 3.54. The van der Waals surface area contributed by atoms with E-state index < -0.39 is 23.2 Å². The van der Waals surface area contributed by atoms with Gasteiger partial charge in [0.2, 0.25) is 5.88 Å². The summed E-state index contributed by atoms with van der Waals surface area (Å²) in [5, 5.41) is 19.7. The van der Waals surface area contributed by atoms with Crippen LogP contribution in [0.25, 0.3) is 0 Å². The zero-order valence-electron chi connectivity index (χ0n) is 14.8. The fourth-order valence-electron chi connectivity index (χ4n) is 2.61. The quantitative estimate of drug-likeness (QED) is 0.789. The average molecular weight is 377 g/mol. The molecule has 5 nitrogen and oxygen atoms in total. The molecular formula is C19H18F3N3O2. The number of para-hydroxylation sites is 1. The van der Waals surface area contributed by atoms with Crippen molar-refractivity contribution in [2.24, 2.45) is 4.99 Å². The highest BCUT2D eigenvalue weighted by atomic mass is 19.4. The summed E-state index contributed by atoms with van der Waals surface area (Å²) in [6, 6.07) is 6.57. The molecule has 0 fully saturated rings. The molecule has 27 heavy (non-hydrogen) atoms. The Kier molecular flexibility index (Phi) is 6.05. The lowest BCUT2D eigenvalue weighted by molar-refractivity contribution is -0.137. The van der Waals surface area contributed by atoms with Gasteiger partial charge in [0, 0.05) is 12.8 Å². The highest BCUT2D eigenvalue weighted by molar-refractivity contribution is 5.87. The molecule has 1 N–H and O–H groups in total. The first-order valence-corrected chi connectivity index (χ1v) is 8.29. The molecular weight excluding hydrogens is 359 g/mol. The van der Waals surface area contributed by atoms with Crippen LogP contribution >= 0.6 is 0 Å². The first kappa shape index (κ1) is 20.2. The van der Waals surface area contributed by atoms with Gasteiger partial charge in [-0.1, -0.05) is 25.5 Å². The SMILES string of the molecule is CCCCn1c(O)c(C=Nc2ccccc2C(F)(F)F)c(C)c(C#N)c1=O. The number of aromatic nitrogens is 1. The Balaban J connectivity index is 2.62. The molecule has 0 aliphatic carbocycles. The topological polar surface area (TPSA) is 78.4 Å². The third-order valence-electron chi connectivity index (χ3n) is 4.12. The van der Waals surface area contributed by atoms with Gasteiger partial charge in [-0.3, -0.25) is 14.4 Å². The van der Waals surface area contributed by atoms with Gasteiger partial charge in [0.25, 0.3) is 5.56 Å². The summed E-state index contributed by atoms with van der Waals surface area (Å²) in [5.74, 6) is -0.418. The largest absolute Gasteiger partial charge is 0.494 e. The van der Waals surface area contributed by atoms with E-state index in [1.807, 2.05) is 6.92 Å². The summed E-state index contributed by atoms with van der Waals surface area (Å²) in [6.07, 6.45) is -2.18. The molecule has 0 atom stereocenters. The number of hydrogen-bond donors (Lipinski definition) is 1. The second-order valence-electron chi connectivity index (χ2n) is 5.93. The van der Waals surface area contributed by atoms with Crippen LogP contribution in [0.3, 0.4) is 0 Å². The second kappa shape index (κ2) is 8.08. The summed E-state index contributed by atoms with van der Waals surface area (Å²) < 4.78 is 40.3. The third-order valence-corrected chi connectivity index (χ3v) is 4.12. The van der Waals surface area contributed by atoms with Crippen molar-refractivity contribution in [1.29, 1.82) is 5.26 Å². The number of unbranched alkanes of at least 4 members (excludes halogenated alkanes) is 1. The van der Waals surface area contributed by atoms with Crippen LogP contribution in [0.2, 0.25) is 0 Å². The first-order chi connectivity index (χ1) is 12.7. The van der Waals surface area contributed by atoms with E-state index in [2.05, 4.69) is 4.99 Å². The Bertz CT molecular complexity index is 970. The molecule has 2 aromatic rings. The molecule has 0 aliphatic rings. The number of halogens is 3. The molecule has 142 valence electrons. The predicted molar refractivity (Wildman–Crippen MR) is 95.4 cm³/mol. The van der Waals surface area contributed by atoms with Gasteiger partial charge < -0.3 is 5.11 Å². The van der Waals surface area contributed by atoms with Gasteiger partial charge in [-0.15, -0.1) is 0 Å². The lowest BCUT2D eigenvalue weighted by atomic mass is 10.1. The van der Waals surface area contributed by atoms with Crippen LogP contribution in [-0.4, -0.2) is 15.9 Å². The van der Waals surface area contributed by atoms with Gasteiger partial charge >= 0.3 is 6.18 Å². The number of benzene rings is 1. The first-order valence-electron chi connectivity index (χ1n) is 8.29. The van der Waals surface area contributed by atoms with Crippen molar-refractivity contribution in [1.82, 2.24) is 4.57 Å². The van der Waals surface area contributed by atoms with E-state index in [0.29, 0.717) is 6.42 Å². The molecule has 0 spiro atoms. The van der Waals surface area contributed by atoms with E-state index >= 15 is 0 Å². The summed E-state index contributed by atoms with van der Waals surface area (Å²) >= 11 is 0. The van der Waals surface area contributed by atoms with E-state index in [4.69, 9.17) is 0 Å². The Morgan fingerprint density at radius 1 is 1.33 bits per heavy atom. The van der Waals surface area contributed by atoms with Crippen LogP contribution in [0.15, 0.2) is 34.1 Å². The number of pyridine rings is 1. The van der Waals surface area contributed by atoms with E-state index in [0.717, 1.165) is 23.3 Å². The number of rotatable bonds is 5. The molecule has 0 unspecified atom stereocenters. The van der Waals surface area contributed by atoms with Crippen LogP contribution in [0, 0.1) is 18.3 Å². The zero-order chi connectivity index (χ0) is 20.2. The molecule has 8 heteroatoms. The maximum absolute atomic E-state index is 13.1. The van der Waals surface area contributed by atoms with E-state index in [9.17, 15) is 28.3 Å². The van der Waals surface area contributed by atoms with Crippen molar-refractivity contribution in [3.05, 3.63) is 56.9 Å². The van der Waals surface area contributed by atoms with Crippen LogP contribution in [0.4, 0.5) is 18.9 Å². The van der Waals surface area contributed by atoms with Crippen LogP contribution in [0.1, 0.15) is 42.0 Å². The van der Waals surface area contributed by atoms with Crippen molar-refractivity contribution in [2.45, 2.75) is 39.4 Å². The van der Waals surface area contributed by atoms with Gasteiger partial charge in [-0.05, 0) is 31.0 Å². The van der Waals surface area contributed by atoms with E-state index in [1.165, 1.54) is 25.1 Å². The summed E-state index contributed by atoms with van der Waals surface area (Å²) in [4.78, 5) is 16.2. The van der Waals surface area contributed by atoms with Crippen LogP contribution < -0.4 is 5.56 Å². The molecule has 0 radical (unpaired) electrons. The highest BCUT2D eigenvalue weighted by Gasteiger charge is 2.33. The molecule has 0 aliphatic heterocycles. The lowest BCUT2D eigenvalue weighted by Crippen LogP contribution is -2.25. The number of alkyl halides is 3. The maximum Gasteiger partial charge on any atom is 0.418 e. The van der Waals surface area contributed by atoms with Gasteiger partial charge in [0.15, 0.2) is 0 Å². The second-order valence-corrected chi connectivity index (χ2v) is 5.93. The molecule has 1 heterocycles. The Morgan fingerprint density at radius 3 is 2.59 bits per heavy atom. The Labute approximate surface area is 154 Å². The van der Waals surface area contributed by atoms with Gasteiger partial charge in [-0.25, -0.2) is 0 Å². The minimum Gasteiger partial charge on any atom is -0.494 e. The lowest BCUT2D eigenvalue weighted by Gasteiger charge is -2.14. The molecule has 2 rings (SSSR count). The smallest absolute Gasteiger partial charge is 0.418 e. The number of hydrogen-bond acceptors (Lipinski definition) is 4. The van der Waals surface area contributed by atoms with Gasteiger partial charge in [0.1, 0.15) is 11.6 Å². The molecule has 1 aromatic carbocycles. The van der Waals surface area contributed by atoms with Gasteiger partial charge in [-0.2, -0.15) is 18.4 Å². The van der Waals surface area contributed by atoms with Crippen molar-refractivity contribution in [2.75, 3.05) is 0 Å². The van der Waals surface area contributed by atoms with Crippen molar-refractivity contribution in [3.8, 4) is 11.9 Å². The molecule has 0 saturated carbocycles. The van der Waals surface area contributed by atoms with Crippen LogP contribution in [-0.2, 0) is 12.7 Å². The standard InChI is InChI=1S/C19H18F3N3O2/c1-3-4-9-25-17(26)13(10-23)12(2)14(18(25)27)11-24-16-8-6-5-7-15(16)19(20,21)22/h5-8,11,27H,3-4,9H2,1-2H3. The highest BCUT2D eigenvalue weighted by Crippen LogP contribution is 2.36. The molecule has 0 saturated heterocycles. The summed E-state index contributed by atoms with van der Waals surface area (Å²) in [5.41, 5.74) is -1.84.